The second-order valence-electron chi connectivity index (χ2n) is 4.37. The number of ether oxygens (including phenoxy) is 1. The summed E-state index contributed by atoms with van der Waals surface area (Å²) in [5.41, 5.74) is 6.27. The molecule has 8 heteroatoms. The standard InChI is InChI=1S/C13H14F2N4OS/c1-7(2)20-13-18-10(17-12(16)19-13)8-3-5-9(6-4-8)21-11(14)15/h3-7,11H,1-2H3,(H2,16,17,18,19). The molecule has 0 unspecified atom stereocenters. The highest BCUT2D eigenvalue weighted by Crippen LogP contribution is 2.27. The van der Waals surface area contributed by atoms with E-state index in [2.05, 4.69) is 15.0 Å². The van der Waals surface area contributed by atoms with Crippen LogP contribution in [0.5, 0.6) is 6.01 Å². The van der Waals surface area contributed by atoms with Crippen molar-refractivity contribution in [3.8, 4) is 17.4 Å². The fraction of sp³-hybridized carbons (Fsp3) is 0.308. The molecule has 0 amide bonds. The van der Waals surface area contributed by atoms with Gasteiger partial charge in [0.15, 0.2) is 5.82 Å². The van der Waals surface area contributed by atoms with E-state index in [-0.39, 0.29) is 18.1 Å². The van der Waals surface area contributed by atoms with Crippen LogP contribution in [0.25, 0.3) is 11.4 Å². The first-order chi connectivity index (χ1) is 9.94. The number of nitrogens with two attached hydrogens (primary N) is 1. The third-order valence-corrected chi connectivity index (χ3v) is 3.03. The summed E-state index contributed by atoms with van der Waals surface area (Å²) in [6.07, 6.45) is -0.0931. The Labute approximate surface area is 125 Å². The monoisotopic (exact) mass is 312 g/mol. The van der Waals surface area contributed by atoms with E-state index in [1.165, 1.54) is 0 Å². The Balaban J connectivity index is 2.26. The number of thioether (sulfide) groups is 1. The molecule has 2 N–H and O–H groups in total. The highest BCUT2D eigenvalue weighted by molar-refractivity contribution is 7.99. The van der Waals surface area contributed by atoms with Crippen LogP contribution in [-0.2, 0) is 0 Å². The van der Waals surface area contributed by atoms with Crippen molar-refractivity contribution in [1.29, 1.82) is 0 Å². The lowest BCUT2D eigenvalue weighted by Gasteiger charge is -2.09. The Morgan fingerprint density at radius 2 is 1.76 bits per heavy atom. The van der Waals surface area contributed by atoms with Gasteiger partial charge in [-0.25, -0.2) is 0 Å². The van der Waals surface area contributed by atoms with Gasteiger partial charge in [0.2, 0.25) is 5.95 Å². The Hall–Kier alpha value is -1.96. The van der Waals surface area contributed by atoms with E-state index in [9.17, 15) is 8.78 Å². The Kier molecular flexibility index (Phi) is 4.89. The van der Waals surface area contributed by atoms with Crippen molar-refractivity contribution in [1.82, 2.24) is 15.0 Å². The maximum absolute atomic E-state index is 12.3. The number of nitrogen functional groups attached to an aromatic ring is 1. The number of benzene rings is 1. The van der Waals surface area contributed by atoms with Crippen LogP contribution < -0.4 is 10.5 Å². The van der Waals surface area contributed by atoms with Gasteiger partial charge in [0.05, 0.1) is 6.10 Å². The SMILES string of the molecule is CC(C)Oc1nc(N)nc(-c2ccc(SC(F)F)cc2)n1. The number of alkyl halides is 2. The van der Waals surface area contributed by atoms with E-state index in [1.54, 1.807) is 24.3 Å². The summed E-state index contributed by atoms with van der Waals surface area (Å²) in [4.78, 5) is 12.5. The van der Waals surface area contributed by atoms with Crippen molar-refractivity contribution >= 4 is 17.7 Å². The van der Waals surface area contributed by atoms with E-state index in [0.29, 0.717) is 28.0 Å². The van der Waals surface area contributed by atoms with Crippen molar-refractivity contribution in [2.75, 3.05) is 5.73 Å². The third-order valence-electron chi connectivity index (χ3n) is 2.31. The maximum Gasteiger partial charge on any atom is 0.322 e. The summed E-state index contributed by atoms with van der Waals surface area (Å²) in [6.45, 7) is 3.69. The predicted octanol–water partition coefficient (Wildman–Crippen LogP) is 3.22. The first-order valence-corrected chi connectivity index (χ1v) is 7.05. The highest BCUT2D eigenvalue weighted by atomic mass is 32.2. The molecular weight excluding hydrogens is 298 g/mol. The summed E-state index contributed by atoms with van der Waals surface area (Å²) < 4.78 is 29.9. The predicted molar refractivity (Wildman–Crippen MR) is 77.3 cm³/mol. The Bertz CT molecular complexity index is 608. The molecule has 1 aromatic heterocycles. The van der Waals surface area contributed by atoms with Crippen LogP contribution in [0.1, 0.15) is 13.8 Å². The summed E-state index contributed by atoms with van der Waals surface area (Å²) >= 11 is 0.481. The molecule has 0 aliphatic rings. The molecule has 1 heterocycles. The number of nitrogens with zero attached hydrogens (tertiary/aromatic N) is 3. The minimum atomic E-state index is -2.45. The Morgan fingerprint density at radius 3 is 2.33 bits per heavy atom. The lowest BCUT2D eigenvalue weighted by atomic mass is 10.2. The molecule has 0 aliphatic carbocycles. The highest BCUT2D eigenvalue weighted by Gasteiger charge is 2.10. The van der Waals surface area contributed by atoms with Crippen molar-refractivity contribution in [2.24, 2.45) is 0 Å². The van der Waals surface area contributed by atoms with Crippen LogP contribution in [0.3, 0.4) is 0 Å². The molecule has 0 radical (unpaired) electrons. The molecular formula is C13H14F2N4OS. The molecule has 0 saturated carbocycles. The van der Waals surface area contributed by atoms with Crippen LogP contribution in [0.2, 0.25) is 0 Å². The van der Waals surface area contributed by atoms with Gasteiger partial charge in [-0.15, -0.1) is 0 Å². The van der Waals surface area contributed by atoms with Crippen LogP contribution in [-0.4, -0.2) is 26.8 Å². The Morgan fingerprint density at radius 1 is 1.10 bits per heavy atom. The zero-order valence-corrected chi connectivity index (χ0v) is 12.3. The number of hydrogen-bond acceptors (Lipinski definition) is 6. The molecule has 5 nitrogen and oxygen atoms in total. The lowest BCUT2D eigenvalue weighted by Crippen LogP contribution is -2.11. The molecule has 0 aliphatic heterocycles. The molecule has 0 spiro atoms. The average Bonchev–Trinajstić information content (AvgIpc) is 2.37. The average molecular weight is 312 g/mol. The molecule has 0 bridgehead atoms. The van der Waals surface area contributed by atoms with E-state index in [4.69, 9.17) is 10.5 Å². The van der Waals surface area contributed by atoms with Crippen molar-refractivity contribution < 1.29 is 13.5 Å². The summed E-state index contributed by atoms with van der Waals surface area (Å²) in [5.74, 6) is -2.07. The van der Waals surface area contributed by atoms with E-state index >= 15 is 0 Å². The molecule has 0 fully saturated rings. The van der Waals surface area contributed by atoms with Gasteiger partial charge in [-0.2, -0.15) is 23.7 Å². The summed E-state index contributed by atoms with van der Waals surface area (Å²) in [7, 11) is 0. The van der Waals surface area contributed by atoms with E-state index in [0.717, 1.165) is 0 Å². The molecule has 0 atom stereocenters. The zero-order valence-electron chi connectivity index (χ0n) is 11.5. The first kappa shape index (κ1) is 15.4. The lowest BCUT2D eigenvalue weighted by molar-refractivity contribution is 0.222. The number of anilines is 1. The van der Waals surface area contributed by atoms with Crippen LogP contribution in [0.4, 0.5) is 14.7 Å². The van der Waals surface area contributed by atoms with Gasteiger partial charge in [0, 0.05) is 10.5 Å². The summed E-state index contributed by atoms with van der Waals surface area (Å²) in [6, 6.07) is 6.60. The molecule has 2 rings (SSSR count). The van der Waals surface area contributed by atoms with Crippen molar-refractivity contribution in [3.05, 3.63) is 24.3 Å². The van der Waals surface area contributed by atoms with Gasteiger partial charge in [0.25, 0.3) is 5.76 Å². The van der Waals surface area contributed by atoms with Crippen molar-refractivity contribution in [3.63, 3.8) is 0 Å². The largest absolute Gasteiger partial charge is 0.461 e. The minimum Gasteiger partial charge on any atom is -0.461 e. The van der Waals surface area contributed by atoms with Gasteiger partial charge in [-0.05, 0) is 26.0 Å². The fourth-order valence-corrected chi connectivity index (χ4v) is 2.05. The van der Waals surface area contributed by atoms with Crippen molar-refractivity contribution in [2.45, 2.75) is 30.6 Å². The second kappa shape index (κ2) is 6.66. The number of aromatic nitrogens is 3. The van der Waals surface area contributed by atoms with Gasteiger partial charge in [-0.3, -0.25) is 0 Å². The summed E-state index contributed by atoms with van der Waals surface area (Å²) in [5, 5.41) is 0. The number of halogens is 2. The van der Waals surface area contributed by atoms with Gasteiger partial charge in [0.1, 0.15) is 0 Å². The third kappa shape index (κ3) is 4.52. The number of rotatable bonds is 5. The molecule has 0 saturated heterocycles. The topological polar surface area (TPSA) is 73.9 Å². The fourth-order valence-electron chi connectivity index (χ4n) is 1.55. The second-order valence-corrected chi connectivity index (χ2v) is 5.43. The quantitative estimate of drug-likeness (QED) is 0.855. The molecule has 1 aromatic carbocycles. The van der Waals surface area contributed by atoms with Gasteiger partial charge < -0.3 is 10.5 Å². The van der Waals surface area contributed by atoms with Crippen LogP contribution >= 0.6 is 11.8 Å². The molecule has 21 heavy (non-hydrogen) atoms. The van der Waals surface area contributed by atoms with Crippen LogP contribution in [0, 0.1) is 0 Å². The zero-order chi connectivity index (χ0) is 15.4. The van der Waals surface area contributed by atoms with E-state index in [1.807, 2.05) is 13.8 Å². The normalized spacial score (nSPS) is 11.1. The number of hydrogen-bond donors (Lipinski definition) is 1. The van der Waals surface area contributed by atoms with Gasteiger partial charge in [-0.1, -0.05) is 23.9 Å². The van der Waals surface area contributed by atoms with E-state index < -0.39 is 5.76 Å². The molecule has 112 valence electrons. The molecule has 2 aromatic rings. The van der Waals surface area contributed by atoms with Gasteiger partial charge >= 0.3 is 6.01 Å². The smallest absolute Gasteiger partial charge is 0.322 e. The first-order valence-electron chi connectivity index (χ1n) is 6.17. The minimum absolute atomic E-state index is 0.0432. The maximum atomic E-state index is 12.3. The van der Waals surface area contributed by atoms with Crippen LogP contribution in [0.15, 0.2) is 29.2 Å².